The lowest BCUT2D eigenvalue weighted by Crippen LogP contribution is -2.43. The predicted octanol–water partition coefficient (Wildman–Crippen LogP) is 1.13. The third kappa shape index (κ3) is 2.85. The summed E-state index contributed by atoms with van der Waals surface area (Å²) >= 11 is 1.58. The number of amides is 1. The van der Waals surface area contributed by atoms with Gasteiger partial charge in [0.15, 0.2) is 0 Å². The fourth-order valence-corrected chi connectivity index (χ4v) is 2.72. The quantitative estimate of drug-likeness (QED) is 0.802. The van der Waals surface area contributed by atoms with Crippen molar-refractivity contribution in [2.45, 2.75) is 17.0 Å². The van der Waals surface area contributed by atoms with Crippen LogP contribution in [-0.4, -0.2) is 44.5 Å². The van der Waals surface area contributed by atoms with Gasteiger partial charge in [0.05, 0.1) is 17.7 Å². The van der Waals surface area contributed by atoms with Gasteiger partial charge in [0.2, 0.25) is 0 Å². The van der Waals surface area contributed by atoms with Crippen LogP contribution in [0.5, 0.6) is 0 Å². The molecule has 18 heavy (non-hydrogen) atoms. The number of methoxy groups -OCH3 is 1. The van der Waals surface area contributed by atoms with E-state index in [1.807, 2.05) is 30.5 Å². The highest BCUT2D eigenvalue weighted by molar-refractivity contribution is 7.98. The van der Waals surface area contributed by atoms with Crippen molar-refractivity contribution in [3.63, 3.8) is 0 Å². The number of ether oxygens (including phenoxy) is 1. The minimum absolute atomic E-state index is 0.0318. The normalized spacial score (nSPS) is 23.0. The van der Waals surface area contributed by atoms with Crippen LogP contribution in [0.25, 0.3) is 0 Å². The van der Waals surface area contributed by atoms with Crippen LogP contribution in [-0.2, 0) is 4.74 Å². The van der Waals surface area contributed by atoms with Crippen LogP contribution in [0.15, 0.2) is 29.2 Å². The molecule has 2 atom stereocenters. The molecule has 2 N–H and O–H groups in total. The van der Waals surface area contributed by atoms with Gasteiger partial charge in [-0.3, -0.25) is 4.79 Å². The highest BCUT2D eigenvalue weighted by atomic mass is 32.2. The molecule has 1 unspecified atom stereocenters. The molecule has 1 heterocycles. The number of nitrogens with one attached hydrogen (secondary N) is 2. The van der Waals surface area contributed by atoms with Crippen molar-refractivity contribution in [3.8, 4) is 0 Å². The smallest absolute Gasteiger partial charge is 0.252 e. The van der Waals surface area contributed by atoms with Crippen molar-refractivity contribution in [1.29, 1.82) is 0 Å². The van der Waals surface area contributed by atoms with Crippen molar-refractivity contribution in [2.75, 3.05) is 26.5 Å². The molecule has 0 aromatic heterocycles. The first-order valence-corrected chi connectivity index (χ1v) is 7.16. The average molecular weight is 266 g/mol. The molecule has 4 nitrogen and oxygen atoms in total. The number of carbonyl (C=O) groups excluding carboxylic acids is 1. The molecule has 1 saturated heterocycles. The molecule has 0 spiro atoms. The Morgan fingerprint density at radius 3 is 2.94 bits per heavy atom. The van der Waals surface area contributed by atoms with Crippen LogP contribution in [0.3, 0.4) is 0 Å². The van der Waals surface area contributed by atoms with Crippen LogP contribution in [0, 0.1) is 0 Å². The molecule has 1 aliphatic heterocycles. The first-order valence-electron chi connectivity index (χ1n) is 5.93. The van der Waals surface area contributed by atoms with E-state index >= 15 is 0 Å². The maximum atomic E-state index is 12.2. The zero-order chi connectivity index (χ0) is 13.0. The summed E-state index contributed by atoms with van der Waals surface area (Å²) in [5.41, 5.74) is 0.728. The molecule has 1 aromatic rings. The molecule has 0 radical (unpaired) electrons. The molecule has 0 bridgehead atoms. The summed E-state index contributed by atoms with van der Waals surface area (Å²) in [5, 5.41) is 6.24. The third-order valence-corrected chi connectivity index (χ3v) is 3.93. The first-order chi connectivity index (χ1) is 8.76. The topological polar surface area (TPSA) is 50.4 Å². The summed E-state index contributed by atoms with van der Waals surface area (Å²) < 4.78 is 5.33. The van der Waals surface area contributed by atoms with E-state index in [4.69, 9.17) is 4.74 Å². The lowest BCUT2D eigenvalue weighted by Gasteiger charge is -2.19. The van der Waals surface area contributed by atoms with Gasteiger partial charge in [-0.15, -0.1) is 11.8 Å². The number of rotatable bonds is 4. The van der Waals surface area contributed by atoms with E-state index in [9.17, 15) is 4.79 Å². The molecule has 1 amide bonds. The maximum absolute atomic E-state index is 12.2. The van der Waals surface area contributed by atoms with Crippen LogP contribution < -0.4 is 10.6 Å². The number of hydrogen-bond donors (Lipinski definition) is 2. The zero-order valence-corrected chi connectivity index (χ0v) is 11.4. The second kappa shape index (κ2) is 6.22. The van der Waals surface area contributed by atoms with Gasteiger partial charge in [0.1, 0.15) is 0 Å². The van der Waals surface area contributed by atoms with E-state index in [0.717, 1.165) is 23.5 Å². The molecule has 1 aromatic carbocycles. The van der Waals surface area contributed by atoms with Gasteiger partial charge in [0, 0.05) is 25.1 Å². The summed E-state index contributed by atoms with van der Waals surface area (Å²) in [6.07, 6.45) is 2.02. The third-order valence-electron chi connectivity index (χ3n) is 3.13. The van der Waals surface area contributed by atoms with E-state index in [2.05, 4.69) is 10.6 Å². The Kier molecular flexibility index (Phi) is 4.63. The SMILES string of the molecule is CO[C@H]1CNCC1NC(=O)c1ccccc1SC. The van der Waals surface area contributed by atoms with E-state index in [0.29, 0.717) is 0 Å². The minimum atomic E-state index is -0.0318. The molecule has 1 fully saturated rings. The van der Waals surface area contributed by atoms with E-state index < -0.39 is 0 Å². The molecular formula is C13H18N2O2S. The standard InChI is InChI=1S/C13H18N2O2S/c1-17-11-8-14-7-10(11)15-13(16)9-5-3-4-6-12(9)18-2/h3-6,10-11,14H,7-8H2,1-2H3,(H,15,16)/t10?,11-/m0/s1. The Labute approximate surface area is 111 Å². The molecular weight excluding hydrogens is 248 g/mol. The van der Waals surface area contributed by atoms with Crippen molar-refractivity contribution < 1.29 is 9.53 Å². The summed E-state index contributed by atoms with van der Waals surface area (Å²) in [4.78, 5) is 13.2. The van der Waals surface area contributed by atoms with Crippen molar-refractivity contribution in [1.82, 2.24) is 10.6 Å². The molecule has 98 valence electrons. The van der Waals surface area contributed by atoms with E-state index in [-0.39, 0.29) is 18.1 Å². The van der Waals surface area contributed by atoms with E-state index in [1.54, 1.807) is 18.9 Å². The molecule has 0 saturated carbocycles. The number of benzene rings is 1. The lowest BCUT2D eigenvalue weighted by atomic mass is 10.1. The Balaban J connectivity index is 2.07. The van der Waals surface area contributed by atoms with Gasteiger partial charge in [-0.25, -0.2) is 0 Å². The van der Waals surface area contributed by atoms with Crippen molar-refractivity contribution in [3.05, 3.63) is 29.8 Å². The largest absolute Gasteiger partial charge is 0.378 e. The van der Waals surface area contributed by atoms with Gasteiger partial charge in [-0.05, 0) is 18.4 Å². The monoisotopic (exact) mass is 266 g/mol. The molecule has 1 aliphatic rings. The number of thioether (sulfide) groups is 1. The van der Waals surface area contributed by atoms with E-state index in [1.165, 1.54) is 0 Å². The maximum Gasteiger partial charge on any atom is 0.252 e. The molecule has 5 heteroatoms. The summed E-state index contributed by atoms with van der Waals surface area (Å²) in [6.45, 7) is 1.54. The second-order valence-electron chi connectivity index (χ2n) is 4.21. The highest BCUT2D eigenvalue weighted by Crippen LogP contribution is 2.20. The van der Waals surface area contributed by atoms with Gasteiger partial charge in [-0.2, -0.15) is 0 Å². The van der Waals surface area contributed by atoms with Gasteiger partial charge in [-0.1, -0.05) is 12.1 Å². The Hall–Kier alpha value is -1.04. The second-order valence-corrected chi connectivity index (χ2v) is 5.06. The predicted molar refractivity (Wildman–Crippen MR) is 73.1 cm³/mol. The Morgan fingerprint density at radius 1 is 1.44 bits per heavy atom. The summed E-state index contributed by atoms with van der Waals surface area (Å²) in [5.74, 6) is -0.0318. The van der Waals surface area contributed by atoms with Crippen LogP contribution in [0.4, 0.5) is 0 Å². The van der Waals surface area contributed by atoms with Crippen molar-refractivity contribution >= 4 is 17.7 Å². The Bertz CT molecular complexity index is 425. The van der Waals surface area contributed by atoms with Crippen LogP contribution >= 0.6 is 11.8 Å². The fourth-order valence-electron chi connectivity index (χ4n) is 2.12. The highest BCUT2D eigenvalue weighted by Gasteiger charge is 2.28. The first kappa shape index (κ1) is 13.4. The van der Waals surface area contributed by atoms with Crippen LogP contribution in [0.2, 0.25) is 0 Å². The van der Waals surface area contributed by atoms with Crippen LogP contribution in [0.1, 0.15) is 10.4 Å². The Morgan fingerprint density at radius 2 is 2.22 bits per heavy atom. The minimum Gasteiger partial charge on any atom is -0.378 e. The fraction of sp³-hybridized carbons (Fsp3) is 0.462. The summed E-state index contributed by atoms with van der Waals surface area (Å²) in [7, 11) is 1.67. The molecule has 0 aliphatic carbocycles. The molecule has 2 rings (SSSR count). The zero-order valence-electron chi connectivity index (χ0n) is 10.6. The van der Waals surface area contributed by atoms with Gasteiger partial charge >= 0.3 is 0 Å². The summed E-state index contributed by atoms with van der Waals surface area (Å²) in [6, 6.07) is 7.68. The van der Waals surface area contributed by atoms with Gasteiger partial charge < -0.3 is 15.4 Å². The number of hydrogen-bond acceptors (Lipinski definition) is 4. The van der Waals surface area contributed by atoms with Crippen molar-refractivity contribution in [2.24, 2.45) is 0 Å². The van der Waals surface area contributed by atoms with Gasteiger partial charge in [0.25, 0.3) is 5.91 Å². The average Bonchev–Trinajstić information content (AvgIpc) is 2.85. The lowest BCUT2D eigenvalue weighted by molar-refractivity contribution is 0.0778. The number of carbonyl (C=O) groups is 1.